The summed E-state index contributed by atoms with van der Waals surface area (Å²) in [5.74, 6) is -0.0207. The van der Waals surface area contributed by atoms with Crippen LogP contribution in [0.2, 0.25) is 5.02 Å². The van der Waals surface area contributed by atoms with Crippen molar-refractivity contribution in [3.05, 3.63) is 33.7 Å². The summed E-state index contributed by atoms with van der Waals surface area (Å²) in [6.45, 7) is 1.91. The Bertz CT molecular complexity index is 696. The van der Waals surface area contributed by atoms with E-state index in [0.29, 0.717) is 26.8 Å². The van der Waals surface area contributed by atoms with Crippen molar-refractivity contribution in [3.8, 4) is 0 Å². The molecule has 0 saturated heterocycles. The third-order valence-corrected chi connectivity index (χ3v) is 4.60. The van der Waals surface area contributed by atoms with Crippen molar-refractivity contribution >= 4 is 45.5 Å². The number of carbonyl (C=O) groups excluding carboxylic acids is 1. The number of nitrogens with zero attached hydrogens (tertiary/aromatic N) is 1. The van der Waals surface area contributed by atoms with Gasteiger partial charge in [-0.15, -0.1) is 0 Å². The maximum atomic E-state index is 12.3. The minimum Gasteiger partial charge on any atom is -0.382 e. The maximum absolute atomic E-state index is 12.3. The van der Waals surface area contributed by atoms with Gasteiger partial charge >= 0.3 is 0 Å². The molecule has 3 rings (SSSR count). The van der Waals surface area contributed by atoms with Gasteiger partial charge in [0.05, 0.1) is 0 Å². The van der Waals surface area contributed by atoms with Crippen molar-refractivity contribution in [1.29, 1.82) is 0 Å². The summed E-state index contributed by atoms with van der Waals surface area (Å²) in [5.41, 5.74) is 7.42. The topological polar surface area (TPSA) is 80.0 Å². The van der Waals surface area contributed by atoms with Crippen LogP contribution in [0.3, 0.4) is 0 Å². The SMILES string of the molecule is Cc1ccc(NC(=O)c2sc(NC3CC3)nc2N)cc1Cl. The molecule has 0 atom stereocenters. The Balaban J connectivity index is 1.74. The number of benzene rings is 1. The highest BCUT2D eigenvalue weighted by molar-refractivity contribution is 7.18. The van der Waals surface area contributed by atoms with E-state index in [4.69, 9.17) is 17.3 Å². The van der Waals surface area contributed by atoms with E-state index >= 15 is 0 Å². The van der Waals surface area contributed by atoms with Crippen LogP contribution in [0.1, 0.15) is 28.1 Å². The van der Waals surface area contributed by atoms with Gasteiger partial charge in [0.15, 0.2) is 5.13 Å². The summed E-state index contributed by atoms with van der Waals surface area (Å²) < 4.78 is 0. The molecule has 1 aromatic carbocycles. The minimum absolute atomic E-state index is 0.249. The lowest BCUT2D eigenvalue weighted by molar-refractivity contribution is 0.103. The van der Waals surface area contributed by atoms with Crippen molar-refractivity contribution in [2.45, 2.75) is 25.8 Å². The number of rotatable bonds is 4. The largest absolute Gasteiger partial charge is 0.382 e. The molecule has 0 aliphatic heterocycles. The van der Waals surface area contributed by atoms with Crippen LogP contribution < -0.4 is 16.4 Å². The third kappa shape index (κ3) is 3.28. The molecular formula is C14H15ClN4OS. The summed E-state index contributed by atoms with van der Waals surface area (Å²) in [7, 11) is 0. The number of hydrogen-bond donors (Lipinski definition) is 3. The number of nitrogen functional groups attached to an aromatic ring is 1. The third-order valence-electron chi connectivity index (χ3n) is 3.19. The molecule has 5 nitrogen and oxygen atoms in total. The fraction of sp³-hybridized carbons (Fsp3) is 0.286. The van der Waals surface area contributed by atoms with Crippen molar-refractivity contribution in [2.75, 3.05) is 16.4 Å². The summed E-state index contributed by atoms with van der Waals surface area (Å²) in [6.07, 6.45) is 2.28. The van der Waals surface area contributed by atoms with Crippen molar-refractivity contribution in [2.24, 2.45) is 0 Å². The first kappa shape index (κ1) is 14.2. The minimum atomic E-state index is -0.270. The molecule has 1 amide bonds. The summed E-state index contributed by atoms with van der Waals surface area (Å²) in [6, 6.07) is 5.85. The van der Waals surface area contributed by atoms with Crippen LogP contribution in [0.4, 0.5) is 16.6 Å². The Hall–Kier alpha value is -1.79. The molecule has 0 unspecified atom stereocenters. The van der Waals surface area contributed by atoms with E-state index in [9.17, 15) is 4.79 Å². The summed E-state index contributed by atoms with van der Waals surface area (Å²) in [5, 5.41) is 7.34. The van der Waals surface area contributed by atoms with Crippen molar-refractivity contribution < 1.29 is 4.79 Å². The highest BCUT2D eigenvalue weighted by atomic mass is 35.5. The molecule has 0 spiro atoms. The molecule has 1 saturated carbocycles. The Kier molecular flexibility index (Phi) is 3.73. The predicted octanol–water partition coefficient (Wildman–Crippen LogP) is 3.51. The van der Waals surface area contributed by atoms with E-state index in [1.54, 1.807) is 12.1 Å². The predicted molar refractivity (Wildman–Crippen MR) is 87.3 cm³/mol. The number of halogens is 1. The van der Waals surface area contributed by atoms with Gasteiger partial charge in [0.2, 0.25) is 0 Å². The lowest BCUT2D eigenvalue weighted by Crippen LogP contribution is -2.12. The molecular weight excluding hydrogens is 308 g/mol. The number of aryl methyl sites for hydroxylation is 1. The van der Waals surface area contributed by atoms with E-state index < -0.39 is 0 Å². The van der Waals surface area contributed by atoms with Gasteiger partial charge in [0.25, 0.3) is 5.91 Å². The summed E-state index contributed by atoms with van der Waals surface area (Å²) in [4.78, 5) is 16.8. The van der Waals surface area contributed by atoms with Crippen LogP contribution in [0, 0.1) is 6.92 Å². The highest BCUT2D eigenvalue weighted by Gasteiger charge is 2.24. The van der Waals surface area contributed by atoms with Crippen molar-refractivity contribution in [3.63, 3.8) is 0 Å². The zero-order valence-corrected chi connectivity index (χ0v) is 13.0. The van der Waals surface area contributed by atoms with Gasteiger partial charge in [-0.1, -0.05) is 29.0 Å². The zero-order valence-electron chi connectivity index (χ0n) is 11.4. The molecule has 0 bridgehead atoms. The molecule has 1 aliphatic carbocycles. The fourth-order valence-corrected chi connectivity index (χ4v) is 2.85. The van der Waals surface area contributed by atoms with Gasteiger partial charge in [-0.05, 0) is 37.5 Å². The van der Waals surface area contributed by atoms with Crippen molar-refractivity contribution in [1.82, 2.24) is 4.98 Å². The van der Waals surface area contributed by atoms with Crippen LogP contribution >= 0.6 is 22.9 Å². The highest BCUT2D eigenvalue weighted by Crippen LogP contribution is 2.31. The second kappa shape index (κ2) is 5.54. The number of anilines is 3. The van der Waals surface area contributed by atoms with Crippen LogP contribution in [-0.4, -0.2) is 16.9 Å². The molecule has 7 heteroatoms. The average molecular weight is 323 g/mol. The Morgan fingerprint density at radius 3 is 2.90 bits per heavy atom. The van der Waals surface area contributed by atoms with Crippen LogP contribution in [-0.2, 0) is 0 Å². The number of hydrogen-bond acceptors (Lipinski definition) is 5. The number of nitrogens with two attached hydrogens (primary N) is 1. The van der Waals surface area contributed by atoms with Gasteiger partial charge in [0.1, 0.15) is 10.7 Å². The molecule has 2 aromatic rings. The number of nitrogens with one attached hydrogen (secondary N) is 2. The van der Waals surface area contributed by atoms with Gasteiger partial charge in [-0.2, -0.15) is 0 Å². The first-order valence-corrected chi connectivity index (χ1v) is 7.82. The Labute approximate surface area is 131 Å². The molecule has 1 aliphatic rings. The maximum Gasteiger partial charge on any atom is 0.269 e. The molecule has 1 aromatic heterocycles. The van der Waals surface area contributed by atoms with Gasteiger partial charge < -0.3 is 16.4 Å². The Morgan fingerprint density at radius 1 is 1.48 bits per heavy atom. The first-order chi connectivity index (χ1) is 10.0. The quantitative estimate of drug-likeness (QED) is 0.804. The van der Waals surface area contributed by atoms with E-state index in [1.165, 1.54) is 11.3 Å². The lowest BCUT2D eigenvalue weighted by Gasteiger charge is -2.05. The van der Waals surface area contributed by atoms with E-state index in [-0.39, 0.29) is 11.7 Å². The van der Waals surface area contributed by atoms with E-state index in [2.05, 4.69) is 15.6 Å². The number of carbonyl (C=O) groups is 1. The van der Waals surface area contributed by atoms with Crippen LogP contribution in [0.5, 0.6) is 0 Å². The molecule has 0 radical (unpaired) electrons. The molecule has 21 heavy (non-hydrogen) atoms. The van der Waals surface area contributed by atoms with Crippen LogP contribution in [0.15, 0.2) is 18.2 Å². The van der Waals surface area contributed by atoms with Gasteiger partial charge in [-0.3, -0.25) is 4.79 Å². The first-order valence-electron chi connectivity index (χ1n) is 6.63. The number of amides is 1. The molecule has 1 heterocycles. The summed E-state index contributed by atoms with van der Waals surface area (Å²) >= 11 is 7.32. The second-order valence-electron chi connectivity index (χ2n) is 5.07. The standard InChI is InChI=1S/C14H15ClN4OS/c1-7-2-3-9(6-10(7)15)17-13(20)11-12(16)19-14(21-11)18-8-4-5-8/h2-3,6,8H,4-5,16H2,1H3,(H,17,20)(H,18,19). The second-order valence-corrected chi connectivity index (χ2v) is 6.48. The molecule has 1 fully saturated rings. The Morgan fingerprint density at radius 2 is 2.24 bits per heavy atom. The monoisotopic (exact) mass is 322 g/mol. The molecule has 4 N–H and O–H groups in total. The average Bonchev–Trinajstić information content (AvgIpc) is 3.16. The molecule has 110 valence electrons. The normalized spacial score (nSPS) is 14.0. The fourth-order valence-electron chi connectivity index (χ4n) is 1.82. The number of thiazole rings is 1. The number of aromatic nitrogens is 1. The lowest BCUT2D eigenvalue weighted by atomic mass is 10.2. The van der Waals surface area contributed by atoms with E-state index in [1.807, 2.05) is 13.0 Å². The van der Waals surface area contributed by atoms with Crippen LogP contribution in [0.25, 0.3) is 0 Å². The smallest absolute Gasteiger partial charge is 0.269 e. The van der Waals surface area contributed by atoms with Gasteiger partial charge in [0, 0.05) is 16.8 Å². The zero-order chi connectivity index (χ0) is 15.0. The van der Waals surface area contributed by atoms with Gasteiger partial charge in [-0.25, -0.2) is 4.98 Å². The van der Waals surface area contributed by atoms with E-state index in [0.717, 1.165) is 18.4 Å².